The second-order valence-electron chi connectivity index (χ2n) is 13.2. The van der Waals surface area contributed by atoms with E-state index in [-0.39, 0.29) is 31.0 Å². The molecule has 238 valence electrons. The molecule has 0 fully saturated rings. The summed E-state index contributed by atoms with van der Waals surface area (Å²) in [6.45, 7) is 12.6. The van der Waals surface area contributed by atoms with Gasteiger partial charge in [0.25, 0.3) is 0 Å². The van der Waals surface area contributed by atoms with Crippen LogP contribution < -0.4 is 10.6 Å². The maximum absolute atomic E-state index is 14.3. The summed E-state index contributed by atoms with van der Waals surface area (Å²) in [5.41, 5.74) is 1.23. The first kappa shape index (κ1) is 34.1. The number of ether oxygens (including phenoxy) is 1. The molecule has 11 nitrogen and oxygen atoms in total. The Balaban J connectivity index is 1.84. The molecule has 2 aromatic rings. The number of likely N-dealkylation sites (N-methyl/N-ethyl adjacent to an activating group) is 1. The van der Waals surface area contributed by atoms with Crippen molar-refractivity contribution in [3.8, 4) is 0 Å². The van der Waals surface area contributed by atoms with Crippen LogP contribution in [0.4, 0.5) is 4.79 Å². The van der Waals surface area contributed by atoms with Gasteiger partial charge in [-0.25, -0.2) is 9.59 Å². The third kappa shape index (κ3) is 8.58. The molecule has 3 rings (SSSR count). The number of hydrogen-bond acceptors (Lipinski definition) is 6. The van der Waals surface area contributed by atoms with Crippen molar-refractivity contribution >= 4 is 29.8 Å². The number of carbonyl (C=O) groups excluding carboxylic acids is 4. The minimum Gasteiger partial charge on any atom is -0.478 e. The van der Waals surface area contributed by atoms with Crippen LogP contribution in [-0.2, 0) is 38.6 Å². The predicted molar refractivity (Wildman–Crippen MR) is 165 cm³/mol. The fourth-order valence-electron chi connectivity index (χ4n) is 4.81. The monoisotopic (exact) mass is 608 g/mol. The number of fused-ring (bicyclic) bond motifs is 1. The Morgan fingerprint density at radius 3 is 2.11 bits per heavy atom. The standard InChI is InChI=1S/C33H44N4O7/c1-20(36(8)31(43)44-33(5,6)7)27(38)35-26(32(2,3)4)29(40)37-19-24-12-10-9-11-23(24)17-25(37)28(39)34-18-21-13-15-22(16-14-21)30(41)42/h9-16,20,25-26H,17-19H2,1-8H3,(H,34,39)(H,35,38)(H,41,42). The van der Waals surface area contributed by atoms with Gasteiger partial charge in [-0.3, -0.25) is 19.3 Å². The Morgan fingerprint density at radius 2 is 1.57 bits per heavy atom. The summed E-state index contributed by atoms with van der Waals surface area (Å²) in [5, 5.41) is 14.9. The van der Waals surface area contributed by atoms with Gasteiger partial charge in [-0.05, 0) is 61.9 Å². The summed E-state index contributed by atoms with van der Waals surface area (Å²) >= 11 is 0. The van der Waals surface area contributed by atoms with Crippen LogP contribution in [0.1, 0.15) is 75.5 Å². The highest BCUT2D eigenvalue weighted by molar-refractivity contribution is 5.94. The van der Waals surface area contributed by atoms with Crippen molar-refractivity contribution in [3.05, 3.63) is 70.8 Å². The van der Waals surface area contributed by atoms with E-state index < -0.39 is 53.0 Å². The van der Waals surface area contributed by atoms with Gasteiger partial charge < -0.3 is 25.4 Å². The zero-order valence-corrected chi connectivity index (χ0v) is 26.8. The summed E-state index contributed by atoms with van der Waals surface area (Å²) in [4.78, 5) is 67.7. The second-order valence-corrected chi connectivity index (χ2v) is 13.2. The molecule has 1 aliphatic heterocycles. The molecule has 44 heavy (non-hydrogen) atoms. The molecule has 11 heteroatoms. The van der Waals surface area contributed by atoms with Crippen LogP contribution in [0.2, 0.25) is 0 Å². The maximum atomic E-state index is 14.3. The van der Waals surface area contributed by atoms with Crippen molar-refractivity contribution in [3.63, 3.8) is 0 Å². The van der Waals surface area contributed by atoms with Crippen LogP contribution in [0.5, 0.6) is 0 Å². The summed E-state index contributed by atoms with van der Waals surface area (Å²) < 4.78 is 5.39. The number of nitrogens with one attached hydrogen (secondary N) is 2. The fraction of sp³-hybridized carbons (Fsp3) is 0.485. The molecule has 0 saturated heterocycles. The van der Waals surface area contributed by atoms with Crippen molar-refractivity contribution in [2.45, 2.75) is 91.7 Å². The zero-order valence-electron chi connectivity index (χ0n) is 26.8. The van der Waals surface area contributed by atoms with Crippen LogP contribution in [-0.4, -0.2) is 75.5 Å². The van der Waals surface area contributed by atoms with Crippen LogP contribution >= 0.6 is 0 Å². The third-order valence-electron chi connectivity index (χ3n) is 7.54. The van der Waals surface area contributed by atoms with Gasteiger partial charge >= 0.3 is 12.1 Å². The molecule has 3 atom stereocenters. The molecule has 0 saturated carbocycles. The first-order valence-electron chi connectivity index (χ1n) is 14.6. The van der Waals surface area contributed by atoms with Gasteiger partial charge in [0.15, 0.2) is 0 Å². The van der Waals surface area contributed by atoms with Gasteiger partial charge in [0.1, 0.15) is 23.7 Å². The largest absolute Gasteiger partial charge is 0.478 e. The summed E-state index contributed by atoms with van der Waals surface area (Å²) in [5.74, 6) is -2.36. The van der Waals surface area contributed by atoms with E-state index in [2.05, 4.69) is 10.6 Å². The van der Waals surface area contributed by atoms with E-state index in [1.165, 1.54) is 29.0 Å². The Morgan fingerprint density at radius 1 is 0.977 bits per heavy atom. The molecule has 0 spiro atoms. The molecule has 0 aromatic heterocycles. The molecule has 3 N–H and O–H groups in total. The van der Waals surface area contributed by atoms with Gasteiger partial charge in [0.05, 0.1) is 5.56 Å². The summed E-state index contributed by atoms with van der Waals surface area (Å²) in [7, 11) is 1.46. The van der Waals surface area contributed by atoms with Crippen LogP contribution in [0.3, 0.4) is 0 Å². The van der Waals surface area contributed by atoms with Crippen LogP contribution in [0, 0.1) is 5.41 Å². The molecular weight excluding hydrogens is 564 g/mol. The molecule has 0 radical (unpaired) electrons. The Labute approximate surface area is 258 Å². The van der Waals surface area contributed by atoms with E-state index in [9.17, 15) is 24.0 Å². The number of carboxylic acid groups (broad SMARTS) is 1. The average Bonchev–Trinajstić information content (AvgIpc) is 2.95. The normalized spacial score (nSPS) is 16.2. The number of carbonyl (C=O) groups is 5. The maximum Gasteiger partial charge on any atom is 0.410 e. The highest BCUT2D eigenvalue weighted by Crippen LogP contribution is 2.28. The highest BCUT2D eigenvalue weighted by Gasteiger charge is 2.42. The molecule has 4 amide bonds. The first-order valence-corrected chi connectivity index (χ1v) is 14.6. The topological polar surface area (TPSA) is 145 Å². The van der Waals surface area contributed by atoms with Crippen molar-refractivity contribution in [1.29, 1.82) is 0 Å². The lowest BCUT2D eigenvalue weighted by Gasteiger charge is -2.41. The molecular formula is C33H44N4O7. The molecule has 0 aliphatic carbocycles. The average molecular weight is 609 g/mol. The van der Waals surface area contributed by atoms with E-state index in [0.717, 1.165) is 11.1 Å². The van der Waals surface area contributed by atoms with Gasteiger partial charge in [0, 0.05) is 26.6 Å². The Bertz CT molecular complexity index is 1390. The van der Waals surface area contributed by atoms with Crippen LogP contribution in [0.25, 0.3) is 0 Å². The number of carboxylic acids is 1. The number of hydrogen-bond donors (Lipinski definition) is 3. The number of aromatic carboxylic acids is 1. The molecule has 1 aliphatic rings. The number of nitrogens with zero attached hydrogens (tertiary/aromatic N) is 2. The molecule has 3 unspecified atom stereocenters. The molecule has 1 heterocycles. The lowest BCUT2D eigenvalue weighted by atomic mass is 9.84. The van der Waals surface area contributed by atoms with Crippen LogP contribution in [0.15, 0.2) is 48.5 Å². The first-order chi connectivity index (χ1) is 20.4. The number of amides is 4. The van der Waals surface area contributed by atoms with Gasteiger partial charge in [-0.1, -0.05) is 57.2 Å². The van der Waals surface area contributed by atoms with E-state index in [0.29, 0.717) is 5.56 Å². The fourth-order valence-corrected chi connectivity index (χ4v) is 4.81. The van der Waals surface area contributed by atoms with Crippen molar-refractivity contribution in [1.82, 2.24) is 20.4 Å². The van der Waals surface area contributed by atoms with Gasteiger partial charge in [-0.15, -0.1) is 0 Å². The summed E-state index contributed by atoms with van der Waals surface area (Å²) in [6.07, 6.45) is -0.380. The SMILES string of the molecule is CC(C(=O)NC(C(=O)N1Cc2ccccc2CC1C(=O)NCc1ccc(C(=O)O)cc1)C(C)(C)C)N(C)C(=O)OC(C)(C)C. The predicted octanol–water partition coefficient (Wildman–Crippen LogP) is 3.74. The quantitative estimate of drug-likeness (QED) is 0.414. The van der Waals surface area contributed by atoms with Gasteiger partial charge in [0.2, 0.25) is 17.7 Å². The number of rotatable bonds is 8. The van der Waals surface area contributed by atoms with Crippen molar-refractivity contribution < 1.29 is 33.8 Å². The van der Waals surface area contributed by atoms with E-state index >= 15 is 0 Å². The van der Waals surface area contributed by atoms with E-state index in [1.807, 2.05) is 45.0 Å². The van der Waals surface area contributed by atoms with Crippen molar-refractivity contribution in [2.24, 2.45) is 5.41 Å². The summed E-state index contributed by atoms with van der Waals surface area (Å²) in [6, 6.07) is 11.0. The highest BCUT2D eigenvalue weighted by atomic mass is 16.6. The molecule has 0 bridgehead atoms. The minimum atomic E-state index is -1.04. The third-order valence-corrected chi connectivity index (χ3v) is 7.54. The number of benzene rings is 2. The minimum absolute atomic E-state index is 0.141. The van der Waals surface area contributed by atoms with E-state index in [1.54, 1.807) is 39.8 Å². The lowest BCUT2D eigenvalue weighted by Crippen LogP contribution is -2.62. The Kier molecular flexibility index (Phi) is 10.4. The van der Waals surface area contributed by atoms with Gasteiger partial charge in [-0.2, -0.15) is 0 Å². The second kappa shape index (κ2) is 13.5. The van der Waals surface area contributed by atoms with E-state index in [4.69, 9.17) is 9.84 Å². The lowest BCUT2D eigenvalue weighted by molar-refractivity contribution is -0.147. The van der Waals surface area contributed by atoms with Crippen molar-refractivity contribution in [2.75, 3.05) is 7.05 Å². The zero-order chi connectivity index (χ0) is 33.0. The smallest absolute Gasteiger partial charge is 0.410 e. The Hall–Kier alpha value is -4.41. The molecule has 2 aromatic carbocycles.